The van der Waals surface area contributed by atoms with Crippen LogP contribution in [0.5, 0.6) is 0 Å². The molecule has 5 heteroatoms. The maximum Gasteiger partial charge on any atom is 0.312 e. The van der Waals surface area contributed by atoms with Crippen LogP contribution in [0.3, 0.4) is 0 Å². The highest BCUT2D eigenvalue weighted by molar-refractivity contribution is 6.24. The van der Waals surface area contributed by atoms with Crippen molar-refractivity contribution >= 4 is 23.5 Å². The highest BCUT2D eigenvalue weighted by Gasteiger charge is 2.60. The molecule has 2 atom stereocenters. The van der Waals surface area contributed by atoms with E-state index in [0.29, 0.717) is 11.8 Å². The van der Waals surface area contributed by atoms with Gasteiger partial charge < -0.3 is 10.1 Å². The molecule has 0 saturated heterocycles. The van der Waals surface area contributed by atoms with Gasteiger partial charge in [0.1, 0.15) is 0 Å². The molecule has 1 amide bonds. The van der Waals surface area contributed by atoms with Crippen LogP contribution in [0.1, 0.15) is 77.0 Å². The van der Waals surface area contributed by atoms with Gasteiger partial charge in [-0.05, 0) is 63.2 Å². The van der Waals surface area contributed by atoms with Crippen molar-refractivity contribution in [3.63, 3.8) is 0 Å². The van der Waals surface area contributed by atoms with Crippen molar-refractivity contribution in [3.8, 4) is 0 Å². The highest BCUT2D eigenvalue weighted by Crippen LogP contribution is 2.64. The molecule has 0 aliphatic heterocycles. The number of ether oxygens (including phenoxy) is 1. The normalized spacial score (nSPS) is 40.5. The average Bonchev–Trinajstić information content (AvgIpc) is 2.79. The van der Waals surface area contributed by atoms with Crippen LogP contribution in [0, 0.1) is 17.3 Å². The van der Waals surface area contributed by atoms with Gasteiger partial charge in [-0.1, -0.05) is 25.7 Å². The Morgan fingerprint density at radius 2 is 1.64 bits per heavy atom. The van der Waals surface area contributed by atoms with Crippen molar-refractivity contribution in [2.24, 2.45) is 17.3 Å². The summed E-state index contributed by atoms with van der Waals surface area (Å²) in [5.41, 5.74) is -0.422. The molecule has 0 radical (unpaired) electrons. The number of esters is 1. The number of nitrogens with one attached hydrogen (secondary N) is 1. The van der Waals surface area contributed by atoms with Crippen LogP contribution in [0.15, 0.2) is 0 Å². The zero-order valence-corrected chi connectivity index (χ0v) is 15.8. The molecular formula is C20H30ClNO3. The lowest BCUT2D eigenvalue weighted by molar-refractivity contribution is -0.171. The summed E-state index contributed by atoms with van der Waals surface area (Å²) in [4.78, 5) is 24.8. The first-order chi connectivity index (χ1) is 12.0. The van der Waals surface area contributed by atoms with Crippen LogP contribution in [-0.4, -0.2) is 29.4 Å². The Kier molecular flexibility index (Phi) is 4.76. The minimum Gasteiger partial charge on any atom is -0.455 e. The fraction of sp³-hybridized carbons (Fsp3) is 0.900. The number of amides is 1. The molecule has 1 N–H and O–H groups in total. The minimum absolute atomic E-state index is 0.137. The van der Waals surface area contributed by atoms with Crippen LogP contribution in [0.2, 0.25) is 0 Å². The van der Waals surface area contributed by atoms with Gasteiger partial charge in [-0.3, -0.25) is 9.59 Å². The van der Waals surface area contributed by atoms with Gasteiger partial charge in [0, 0.05) is 10.9 Å². The number of rotatable bonds is 4. The molecule has 0 unspecified atom stereocenters. The van der Waals surface area contributed by atoms with Crippen LogP contribution >= 0.6 is 11.6 Å². The Balaban J connectivity index is 1.31. The fourth-order valence-electron chi connectivity index (χ4n) is 6.37. The molecule has 0 heterocycles. The van der Waals surface area contributed by atoms with E-state index in [2.05, 4.69) is 5.32 Å². The summed E-state index contributed by atoms with van der Waals surface area (Å²) in [7, 11) is 0. The highest BCUT2D eigenvalue weighted by atomic mass is 35.5. The third kappa shape index (κ3) is 3.70. The van der Waals surface area contributed by atoms with Gasteiger partial charge in [0.05, 0.1) is 5.41 Å². The second-order valence-electron chi connectivity index (χ2n) is 9.22. The molecule has 0 aromatic heterocycles. The van der Waals surface area contributed by atoms with Crippen molar-refractivity contribution in [3.05, 3.63) is 0 Å². The van der Waals surface area contributed by atoms with Crippen LogP contribution in [0.25, 0.3) is 0 Å². The number of hydrogen-bond acceptors (Lipinski definition) is 3. The Bertz CT molecular complexity index is 527. The molecule has 25 heavy (non-hydrogen) atoms. The molecule has 0 aromatic rings. The standard InChI is InChI=1S/C20H30ClNO3/c21-20-10-14-7-15(11-20)9-19(8-14,13-20)18(24)25-12-17(23)22-16-5-3-1-2-4-6-16/h14-16H,1-13H2,(H,22,23)/t14-,15-,19?,20?/m1/s1. The Hall–Kier alpha value is -0.770. The van der Waals surface area contributed by atoms with Crippen molar-refractivity contribution in [1.29, 1.82) is 0 Å². The second-order valence-corrected chi connectivity index (χ2v) is 10.0. The Labute approximate surface area is 155 Å². The van der Waals surface area contributed by atoms with Crippen molar-refractivity contribution < 1.29 is 14.3 Å². The van der Waals surface area contributed by atoms with E-state index in [0.717, 1.165) is 44.9 Å². The van der Waals surface area contributed by atoms with Gasteiger partial charge in [0.2, 0.25) is 0 Å². The van der Waals surface area contributed by atoms with Crippen molar-refractivity contribution in [2.75, 3.05) is 6.61 Å². The third-order valence-corrected chi connectivity index (χ3v) is 7.42. The first-order valence-corrected chi connectivity index (χ1v) is 10.5. The molecule has 4 bridgehead atoms. The summed E-state index contributed by atoms with van der Waals surface area (Å²) in [5, 5.41) is 3.05. The number of carbonyl (C=O) groups excluding carboxylic acids is 2. The second kappa shape index (κ2) is 6.75. The van der Waals surface area contributed by atoms with Gasteiger partial charge in [-0.2, -0.15) is 0 Å². The first-order valence-electron chi connectivity index (χ1n) is 10.1. The Morgan fingerprint density at radius 1 is 1.00 bits per heavy atom. The van der Waals surface area contributed by atoms with Gasteiger partial charge in [-0.15, -0.1) is 11.6 Å². The predicted octanol–water partition coefficient (Wildman–Crippen LogP) is 3.95. The van der Waals surface area contributed by atoms with Crippen molar-refractivity contribution in [1.82, 2.24) is 5.32 Å². The lowest BCUT2D eigenvalue weighted by Gasteiger charge is -2.58. The number of halogens is 1. The molecule has 5 aliphatic rings. The number of hydrogen-bond donors (Lipinski definition) is 1. The van der Waals surface area contributed by atoms with Gasteiger partial charge in [0.15, 0.2) is 6.61 Å². The monoisotopic (exact) mass is 367 g/mol. The van der Waals surface area contributed by atoms with E-state index >= 15 is 0 Å². The molecule has 4 nitrogen and oxygen atoms in total. The Morgan fingerprint density at radius 3 is 2.24 bits per heavy atom. The van der Waals surface area contributed by atoms with E-state index < -0.39 is 5.41 Å². The lowest BCUT2D eigenvalue weighted by Crippen LogP contribution is -2.56. The third-order valence-electron chi connectivity index (χ3n) is 6.98. The fourth-order valence-corrected chi connectivity index (χ4v) is 7.06. The van der Waals surface area contributed by atoms with E-state index in [9.17, 15) is 9.59 Å². The molecular weight excluding hydrogens is 338 g/mol. The number of alkyl halides is 1. The van der Waals surface area contributed by atoms with E-state index in [1.165, 1.54) is 32.1 Å². The maximum atomic E-state index is 12.8. The van der Waals surface area contributed by atoms with Crippen LogP contribution in [-0.2, 0) is 14.3 Å². The molecule has 5 rings (SSSR count). The van der Waals surface area contributed by atoms with Crippen LogP contribution in [0.4, 0.5) is 0 Å². The largest absolute Gasteiger partial charge is 0.455 e. The molecule has 5 aliphatic carbocycles. The lowest BCUT2D eigenvalue weighted by atomic mass is 9.49. The number of carbonyl (C=O) groups is 2. The summed E-state index contributed by atoms with van der Waals surface area (Å²) < 4.78 is 5.50. The molecule has 140 valence electrons. The van der Waals surface area contributed by atoms with Gasteiger partial charge in [0.25, 0.3) is 5.91 Å². The summed E-state index contributed by atoms with van der Waals surface area (Å²) >= 11 is 6.78. The van der Waals surface area contributed by atoms with Gasteiger partial charge >= 0.3 is 5.97 Å². The molecule has 5 fully saturated rings. The molecule has 0 spiro atoms. The quantitative estimate of drug-likeness (QED) is 0.465. The smallest absolute Gasteiger partial charge is 0.312 e. The summed E-state index contributed by atoms with van der Waals surface area (Å²) in [6, 6.07) is 0.249. The molecule has 0 aromatic carbocycles. The first kappa shape index (κ1) is 17.6. The summed E-state index contributed by atoms with van der Waals surface area (Å²) in [6.45, 7) is -0.137. The van der Waals surface area contributed by atoms with Gasteiger partial charge in [-0.25, -0.2) is 0 Å². The van der Waals surface area contributed by atoms with E-state index in [4.69, 9.17) is 16.3 Å². The van der Waals surface area contributed by atoms with Crippen LogP contribution < -0.4 is 5.32 Å². The summed E-state index contributed by atoms with van der Waals surface area (Å²) in [5.74, 6) is 0.797. The zero-order chi connectivity index (χ0) is 17.5. The van der Waals surface area contributed by atoms with E-state index in [1.54, 1.807) is 0 Å². The predicted molar refractivity (Wildman–Crippen MR) is 96.3 cm³/mol. The summed E-state index contributed by atoms with van der Waals surface area (Å²) in [6.07, 6.45) is 12.8. The van der Waals surface area contributed by atoms with E-state index in [-0.39, 0.29) is 29.4 Å². The SMILES string of the molecule is O=C(COC(=O)C12C[C@H]3C[C@@H](CC(Cl)(C3)C1)C2)NC1CCCCCC1. The maximum absolute atomic E-state index is 12.8. The minimum atomic E-state index is -0.422. The average molecular weight is 368 g/mol. The molecule has 5 saturated carbocycles. The van der Waals surface area contributed by atoms with Crippen molar-refractivity contribution in [2.45, 2.75) is 88.0 Å². The van der Waals surface area contributed by atoms with E-state index in [1.807, 2.05) is 0 Å². The zero-order valence-electron chi connectivity index (χ0n) is 15.0. The topological polar surface area (TPSA) is 55.4 Å².